The fraction of sp³-hybridized carbons (Fsp3) is 0.421. The van der Waals surface area contributed by atoms with Crippen LogP contribution in [-0.2, 0) is 4.79 Å². The van der Waals surface area contributed by atoms with Gasteiger partial charge in [-0.15, -0.1) is 0 Å². The SMILES string of the molecule is CN(C)C(=O)CN1CCCC(c2nccnc2-c2cccc(F)c2)C1. The summed E-state index contributed by atoms with van der Waals surface area (Å²) < 4.78 is 13.6. The van der Waals surface area contributed by atoms with Gasteiger partial charge in [-0.1, -0.05) is 12.1 Å². The van der Waals surface area contributed by atoms with Gasteiger partial charge in [0.1, 0.15) is 5.82 Å². The zero-order valence-electron chi connectivity index (χ0n) is 14.7. The summed E-state index contributed by atoms with van der Waals surface area (Å²) in [6.07, 6.45) is 5.32. The Morgan fingerprint density at radius 2 is 2.12 bits per heavy atom. The molecule has 1 aliphatic heterocycles. The predicted octanol–water partition coefficient (Wildman–Crippen LogP) is 2.55. The van der Waals surface area contributed by atoms with E-state index in [0.29, 0.717) is 6.54 Å². The van der Waals surface area contributed by atoms with Crippen LogP contribution in [0.25, 0.3) is 11.3 Å². The standard InChI is InChI=1S/C19H23FN4O/c1-23(2)17(25)13-24-10-4-6-15(12-24)19-18(21-8-9-22-19)14-5-3-7-16(20)11-14/h3,5,7-9,11,15H,4,6,10,12-13H2,1-2H3. The molecule has 1 fully saturated rings. The lowest BCUT2D eigenvalue weighted by atomic mass is 9.91. The third kappa shape index (κ3) is 4.20. The number of hydrogen-bond donors (Lipinski definition) is 0. The fourth-order valence-electron chi connectivity index (χ4n) is 3.26. The van der Waals surface area contributed by atoms with Crippen LogP contribution in [0.5, 0.6) is 0 Å². The number of amides is 1. The Bertz CT molecular complexity index is 750. The summed E-state index contributed by atoms with van der Waals surface area (Å²) in [5.74, 6) is 0.0109. The van der Waals surface area contributed by atoms with Crippen molar-refractivity contribution in [2.45, 2.75) is 18.8 Å². The summed E-state index contributed by atoms with van der Waals surface area (Å²) in [7, 11) is 3.54. The number of halogens is 1. The van der Waals surface area contributed by atoms with Crippen molar-refractivity contribution in [2.24, 2.45) is 0 Å². The van der Waals surface area contributed by atoms with Crippen LogP contribution >= 0.6 is 0 Å². The summed E-state index contributed by atoms with van der Waals surface area (Å²) in [4.78, 5) is 24.8. The number of aromatic nitrogens is 2. The second-order valence-electron chi connectivity index (χ2n) is 6.66. The molecule has 1 aromatic heterocycles. The topological polar surface area (TPSA) is 49.3 Å². The molecule has 132 valence electrons. The number of likely N-dealkylation sites (tertiary alicyclic amines) is 1. The number of rotatable bonds is 4. The van der Waals surface area contributed by atoms with Crippen molar-refractivity contribution in [2.75, 3.05) is 33.7 Å². The van der Waals surface area contributed by atoms with Gasteiger partial charge in [0.25, 0.3) is 0 Å². The van der Waals surface area contributed by atoms with Crippen LogP contribution in [0.2, 0.25) is 0 Å². The van der Waals surface area contributed by atoms with Gasteiger partial charge in [-0.2, -0.15) is 0 Å². The van der Waals surface area contributed by atoms with Gasteiger partial charge in [0.2, 0.25) is 5.91 Å². The highest BCUT2D eigenvalue weighted by atomic mass is 19.1. The third-order valence-corrected chi connectivity index (χ3v) is 4.57. The lowest BCUT2D eigenvalue weighted by molar-refractivity contribution is -0.130. The molecule has 5 nitrogen and oxygen atoms in total. The first-order valence-electron chi connectivity index (χ1n) is 8.54. The highest BCUT2D eigenvalue weighted by molar-refractivity contribution is 5.77. The second kappa shape index (κ2) is 7.70. The Morgan fingerprint density at radius 3 is 2.88 bits per heavy atom. The van der Waals surface area contributed by atoms with E-state index in [-0.39, 0.29) is 17.6 Å². The lowest BCUT2D eigenvalue weighted by Gasteiger charge is -2.33. The number of nitrogens with zero attached hydrogens (tertiary/aromatic N) is 4. The summed E-state index contributed by atoms with van der Waals surface area (Å²) >= 11 is 0. The second-order valence-corrected chi connectivity index (χ2v) is 6.66. The van der Waals surface area contributed by atoms with Crippen LogP contribution in [0.4, 0.5) is 4.39 Å². The zero-order chi connectivity index (χ0) is 17.8. The molecule has 0 N–H and O–H groups in total. The third-order valence-electron chi connectivity index (χ3n) is 4.57. The minimum Gasteiger partial charge on any atom is -0.348 e. The lowest BCUT2D eigenvalue weighted by Crippen LogP contribution is -2.41. The van der Waals surface area contributed by atoms with Crippen molar-refractivity contribution in [3.05, 3.63) is 48.2 Å². The predicted molar refractivity (Wildman–Crippen MR) is 94.5 cm³/mol. The van der Waals surface area contributed by atoms with Crippen molar-refractivity contribution in [1.82, 2.24) is 19.8 Å². The Labute approximate surface area is 147 Å². The molecule has 1 aromatic carbocycles. The molecule has 0 spiro atoms. The first-order chi connectivity index (χ1) is 12.0. The van der Waals surface area contributed by atoms with E-state index in [1.54, 1.807) is 37.5 Å². The normalized spacial score (nSPS) is 18.1. The fourth-order valence-corrected chi connectivity index (χ4v) is 3.26. The van der Waals surface area contributed by atoms with Crippen LogP contribution in [0, 0.1) is 5.82 Å². The van der Waals surface area contributed by atoms with Crippen LogP contribution in [0.15, 0.2) is 36.7 Å². The molecule has 1 aliphatic rings. The van der Waals surface area contributed by atoms with E-state index >= 15 is 0 Å². The molecule has 1 atom stereocenters. The number of likely N-dealkylation sites (N-methyl/N-ethyl adjacent to an activating group) is 1. The average Bonchev–Trinajstić information content (AvgIpc) is 2.62. The van der Waals surface area contributed by atoms with Gasteiger partial charge in [-0.05, 0) is 31.5 Å². The van der Waals surface area contributed by atoms with Crippen molar-refractivity contribution in [3.8, 4) is 11.3 Å². The van der Waals surface area contributed by atoms with E-state index in [4.69, 9.17) is 0 Å². The summed E-state index contributed by atoms with van der Waals surface area (Å²) in [6.45, 7) is 2.09. The maximum Gasteiger partial charge on any atom is 0.236 e. The van der Waals surface area contributed by atoms with Gasteiger partial charge in [-0.3, -0.25) is 19.7 Å². The minimum absolute atomic E-state index is 0.102. The van der Waals surface area contributed by atoms with Gasteiger partial charge in [0.15, 0.2) is 0 Å². The zero-order valence-corrected chi connectivity index (χ0v) is 14.7. The van der Waals surface area contributed by atoms with Gasteiger partial charge < -0.3 is 4.90 Å². The molecule has 25 heavy (non-hydrogen) atoms. The van der Waals surface area contributed by atoms with Gasteiger partial charge in [0.05, 0.1) is 17.9 Å². The van der Waals surface area contributed by atoms with Crippen molar-refractivity contribution in [3.63, 3.8) is 0 Å². The highest BCUT2D eigenvalue weighted by Gasteiger charge is 2.26. The maximum atomic E-state index is 13.6. The molecule has 0 aliphatic carbocycles. The van der Waals surface area contributed by atoms with Crippen LogP contribution < -0.4 is 0 Å². The molecule has 2 aromatic rings. The van der Waals surface area contributed by atoms with E-state index < -0.39 is 0 Å². The molecule has 3 rings (SSSR count). The Morgan fingerprint density at radius 1 is 1.32 bits per heavy atom. The number of carbonyl (C=O) groups excluding carboxylic acids is 1. The van der Waals surface area contributed by atoms with Gasteiger partial charge >= 0.3 is 0 Å². The van der Waals surface area contributed by atoms with E-state index in [0.717, 1.165) is 42.9 Å². The summed E-state index contributed by atoms with van der Waals surface area (Å²) in [6, 6.07) is 6.46. The smallest absolute Gasteiger partial charge is 0.236 e. The Hall–Kier alpha value is -2.34. The van der Waals surface area contributed by atoms with E-state index in [2.05, 4.69) is 14.9 Å². The number of piperidine rings is 1. The number of hydrogen-bond acceptors (Lipinski definition) is 4. The quantitative estimate of drug-likeness (QED) is 0.857. The van der Waals surface area contributed by atoms with E-state index in [1.807, 2.05) is 6.07 Å². The molecule has 2 heterocycles. The summed E-state index contributed by atoms with van der Waals surface area (Å²) in [5, 5.41) is 0. The summed E-state index contributed by atoms with van der Waals surface area (Å²) in [5.41, 5.74) is 2.35. The van der Waals surface area contributed by atoms with Crippen molar-refractivity contribution in [1.29, 1.82) is 0 Å². The molecule has 1 amide bonds. The van der Waals surface area contributed by atoms with Gasteiger partial charge in [0, 0.05) is 44.5 Å². The highest BCUT2D eigenvalue weighted by Crippen LogP contribution is 2.31. The Kier molecular flexibility index (Phi) is 5.38. The van der Waals surface area contributed by atoms with E-state index in [9.17, 15) is 9.18 Å². The molecule has 0 radical (unpaired) electrons. The van der Waals surface area contributed by atoms with Crippen LogP contribution in [0.1, 0.15) is 24.5 Å². The molecular formula is C19H23FN4O. The molecule has 0 saturated carbocycles. The molecule has 0 bridgehead atoms. The molecule has 1 unspecified atom stereocenters. The monoisotopic (exact) mass is 342 g/mol. The first-order valence-corrected chi connectivity index (χ1v) is 8.54. The minimum atomic E-state index is -0.282. The molecule has 1 saturated heterocycles. The van der Waals surface area contributed by atoms with Crippen LogP contribution in [0.3, 0.4) is 0 Å². The largest absolute Gasteiger partial charge is 0.348 e. The number of carbonyl (C=O) groups is 1. The maximum absolute atomic E-state index is 13.6. The first kappa shape index (κ1) is 17.5. The Balaban J connectivity index is 1.83. The van der Waals surface area contributed by atoms with Crippen molar-refractivity contribution >= 4 is 5.91 Å². The molecular weight excluding hydrogens is 319 g/mol. The van der Waals surface area contributed by atoms with Crippen LogP contribution in [-0.4, -0.2) is 59.4 Å². The van der Waals surface area contributed by atoms with Crippen molar-refractivity contribution < 1.29 is 9.18 Å². The average molecular weight is 342 g/mol. The van der Waals surface area contributed by atoms with Gasteiger partial charge in [-0.25, -0.2) is 4.39 Å². The molecule has 6 heteroatoms. The van der Waals surface area contributed by atoms with E-state index in [1.165, 1.54) is 12.1 Å². The number of benzene rings is 1.